The third kappa shape index (κ3) is 2.95. The van der Waals surface area contributed by atoms with Gasteiger partial charge in [0, 0.05) is 17.0 Å². The number of hydrogen-bond donors (Lipinski definition) is 0. The lowest BCUT2D eigenvalue weighted by atomic mass is 10.2. The summed E-state index contributed by atoms with van der Waals surface area (Å²) in [6, 6.07) is 9.07. The molecule has 0 saturated heterocycles. The maximum atomic E-state index is 10.9. The second kappa shape index (κ2) is 5.87. The van der Waals surface area contributed by atoms with Crippen LogP contribution >= 0.6 is 34.7 Å². The van der Waals surface area contributed by atoms with E-state index in [1.54, 1.807) is 11.3 Å². The van der Waals surface area contributed by atoms with Crippen LogP contribution in [0.3, 0.4) is 0 Å². The van der Waals surface area contributed by atoms with Crippen LogP contribution < -0.4 is 0 Å². The Kier molecular flexibility index (Phi) is 4.08. The molecule has 0 fully saturated rings. The Balaban J connectivity index is 1.99. The van der Waals surface area contributed by atoms with Crippen molar-refractivity contribution >= 4 is 50.6 Å². The monoisotopic (exact) mass is 350 g/mol. The summed E-state index contributed by atoms with van der Waals surface area (Å²) >= 11 is 9.24. The molecule has 1 heterocycles. The number of rotatable bonds is 3. The summed E-state index contributed by atoms with van der Waals surface area (Å²) in [6.45, 7) is 3.85. The Bertz CT molecular complexity index is 869. The van der Waals surface area contributed by atoms with Gasteiger partial charge in [0.15, 0.2) is 4.34 Å². The van der Waals surface area contributed by atoms with Crippen LogP contribution in [-0.4, -0.2) is 9.91 Å². The van der Waals surface area contributed by atoms with Crippen molar-refractivity contribution in [2.24, 2.45) is 0 Å². The largest absolute Gasteiger partial charge is 0.271 e. The number of fused-ring (bicyclic) bond motifs is 1. The van der Waals surface area contributed by atoms with Gasteiger partial charge < -0.3 is 0 Å². The summed E-state index contributed by atoms with van der Waals surface area (Å²) in [6.07, 6.45) is 0. The number of thiazole rings is 1. The Morgan fingerprint density at radius 2 is 2.05 bits per heavy atom. The highest BCUT2D eigenvalue weighted by atomic mass is 35.5. The van der Waals surface area contributed by atoms with Crippen molar-refractivity contribution in [1.82, 2.24) is 4.98 Å². The SMILES string of the molecule is Cc1ccc2sc(Sc3c(C)cc([N+](=O)[O-])cc3Cl)nc2c1. The molecule has 4 nitrogen and oxygen atoms in total. The van der Waals surface area contributed by atoms with E-state index >= 15 is 0 Å². The average Bonchev–Trinajstić information content (AvgIpc) is 2.84. The highest BCUT2D eigenvalue weighted by Crippen LogP contribution is 2.41. The molecule has 0 aliphatic rings. The molecule has 3 aromatic rings. The van der Waals surface area contributed by atoms with Crippen molar-refractivity contribution in [1.29, 1.82) is 0 Å². The molecule has 22 heavy (non-hydrogen) atoms. The van der Waals surface area contributed by atoms with Crippen molar-refractivity contribution in [2.75, 3.05) is 0 Å². The first-order valence-electron chi connectivity index (χ1n) is 6.43. The first-order valence-corrected chi connectivity index (χ1v) is 8.45. The average molecular weight is 351 g/mol. The first-order chi connectivity index (χ1) is 10.4. The second-order valence-electron chi connectivity index (χ2n) is 4.88. The van der Waals surface area contributed by atoms with Crippen LogP contribution in [0.1, 0.15) is 11.1 Å². The first kappa shape index (κ1) is 15.3. The smallest absolute Gasteiger partial charge is 0.258 e. The van der Waals surface area contributed by atoms with Gasteiger partial charge in [-0.05, 0) is 37.1 Å². The normalized spacial score (nSPS) is 11.0. The van der Waals surface area contributed by atoms with Crippen molar-refractivity contribution in [2.45, 2.75) is 23.1 Å². The standard InChI is InChI=1S/C15H11ClN2O2S2/c1-8-3-4-13-12(5-8)17-15(21-13)22-14-9(2)6-10(18(19)20)7-11(14)16/h3-7H,1-2H3. The summed E-state index contributed by atoms with van der Waals surface area (Å²) in [7, 11) is 0. The molecule has 3 rings (SSSR count). The van der Waals surface area contributed by atoms with Crippen molar-refractivity contribution < 1.29 is 4.92 Å². The summed E-state index contributed by atoms with van der Waals surface area (Å²) < 4.78 is 1.99. The molecule has 0 aliphatic carbocycles. The molecule has 0 bridgehead atoms. The molecule has 0 atom stereocenters. The van der Waals surface area contributed by atoms with Crippen molar-refractivity contribution in [3.8, 4) is 0 Å². The predicted molar refractivity (Wildman–Crippen MR) is 91.3 cm³/mol. The Morgan fingerprint density at radius 3 is 2.73 bits per heavy atom. The van der Waals surface area contributed by atoms with Crippen LogP contribution in [0, 0.1) is 24.0 Å². The van der Waals surface area contributed by atoms with Gasteiger partial charge in [-0.1, -0.05) is 29.4 Å². The van der Waals surface area contributed by atoms with Crippen LogP contribution in [0.15, 0.2) is 39.6 Å². The molecule has 0 unspecified atom stereocenters. The van der Waals surface area contributed by atoms with E-state index in [9.17, 15) is 10.1 Å². The van der Waals surface area contributed by atoms with E-state index in [2.05, 4.69) is 17.1 Å². The summed E-state index contributed by atoms with van der Waals surface area (Å²) in [5.41, 5.74) is 2.91. The molecule has 0 spiro atoms. The van der Waals surface area contributed by atoms with Gasteiger partial charge in [-0.25, -0.2) is 4.98 Å². The number of aryl methyl sites for hydroxylation is 2. The molecule has 0 radical (unpaired) electrons. The molecule has 1 aromatic heterocycles. The fourth-order valence-electron chi connectivity index (χ4n) is 2.09. The van der Waals surface area contributed by atoms with E-state index in [0.717, 1.165) is 25.0 Å². The second-order valence-corrected chi connectivity index (χ2v) is 7.58. The fraction of sp³-hybridized carbons (Fsp3) is 0.133. The number of benzene rings is 2. The van der Waals surface area contributed by atoms with E-state index in [-0.39, 0.29) is 5.69 Å². The lowest BCUT2D eigenvalue weighted by Crippen LogP contribution is -1.91. The van der Waals surface area contributed by atoms with Gasteiger partial charge in [0.25, 0.3) is 5.69 Å². The van der Waals surface area contributed by atoms with E-state index in [1.807, 2.05) is 19.9 Å². The third-order valence-corrected chi connectivity index (χ3v) is 5.89. The Hall–Kier alpha value is -1.63. The maximum absolute atomic E-state index is 10.9. The van der Waals surface area contributed by atoms with E-state index in [0.29, 0.717) is 5.02 Å². The molecule has 0 amide bonds. The topological polar surface area (TPSA) is 56.0 Å². The molecule has 2 aromatic carbocycles. The van der Waals surface area contributed by atoms with Gasteiger partial charge in [0.1, 0.15) is 0 Å². The number of nitrogens with zero attached hydrogens (tertiary/aromatic N) is 2. The zero-order valence-electron chi connectivity index (χ0n) is 11.8. The minimum Gasteiger partial charge on any atom is -0.258 e. The molecular formula is C15H11ClN2O2S2. The summed E-state index contributed by atoms with van der Waals surface area (Å²) in [4.78, 5) is 15.8. The summed E-state index contributed by atoms with van der Waals surface area (Å²) in [5, 5.41) is 11.2. The highest BCUT2D eigenvalue weighted by molar-refractivity contribution is 8.01. The van der Waals surface area contributed by atoms with Crippen LogP contribution in [0.2, 0.25) is 5.02 Å². The minimum absolute atomic E-state index is 0.00627. The highest BCUT2D eigenvalue weighted by Gasteiger charge is 2.16. The van der Waals surface area contributed by atoms with Crippen molar-refractivity contribution in [3.63, 3.8) is 0 Å². The predicted octanol–water partition coefficient (Wildman–Crippen LogP) is 5.63. The number of nitro groups is 1. The Labute approximate surface area is 140 Å². The molecule has 112 valence electrons. The molecule has 7 heteroatoms. The number of non-ortho nitro benzene ring substituents is 1. The van der Waals surface area contributed by atoms with E-state index < -0.39 is 4.92 Å². The van der Waals surface area contributed by atoms with Gasteiger partial charge in [0.05, 0.1) is 20.2 Å². The van der Waals surface area contributed by atoms with E-state index in [4.69, 9.17) is 11.6 Å². The number of hydrogen-bond acceptors (Lipinski definition) is 5. The van der Waals surface area contributed by atoms with Gasteiger partial charge in [0.2, 0.25) is 0 Å². The fourth-order valence-corrected chi connectivity index (χ4v) is 4.53. The molecule has 0 saturated carbocycles. The van der Waals surface area contributed by atoms with Gasteiger partial charge in [-0.2, -0.15) is 0 Å². The number of halogens is 1. The van der Waals surface area contributed by atoms with Crippen LogP contribution in [0.5, 0.6) is 0 Å². The molecular weight excluding hydrogens is 340 g/mol. The zero-order chi connectivity index (χ0) is 15.9. The van der Waals surface area contributed by atoms with Gasteiger partial charge in [-0.15, -0.1) is 11.3 Å². The van der Waals surface area contributed by atoms with Gasteiger partial charge in [-0.3, -0.25) is 10.1 Å². The lowest BCUT2D eigenvalue weighted by molar-refractivity contribution is -0.384. The number of nitro benzene ring substituents is 1. The van der Waals surface area contributed by atoms with Crippen LogP contribution in [0.4, 0.5) is 5.69 Å². The van der Waals surface area contributed by atoms with E-state index in [1.165, 1.54) is 29.5 Å². The summed E-state index contributed by atoms with van der Waals surface area (Å²) in [5.74, 6) is 0. The number of aromatic nitrogens is 1. The third-order valence-electron chi connectivity index (χ3n) is 3.14. The van der Waals surface area contributed by atoms with Crippen molar-refractivity contribution in [3.05, 3.63) is 56.6 Å². The van der Waals surface area contributed by atoms with Gasteiger partial charge >= 0.3 is 0 Å². The maximum Gasteiger partial charge on any atom is 0.271 e. The lowest BCUT2D eigenvalue weighted by Gasteiger charge is -2.05. The quantitative estimate of drug-likeness (QED) is 0.454. The zero-order valence-corrected chi connectivity index (χ0v) is 14.2. The minimum atomic E-state index is -0.437. The molecule has 0 aliphatic heterocycles. The molecule has 0 N–H and O–H groups in total. The van der Waals surface area contributed by atoms with Crippen LogP contribution in [0.25, 0.3) is 10.2 Å². The van der Waals surface area contributed by atoms with Crippen LogP contribution in [-0.2, 0) is 0 Å². The Morgan fingerprint density at radius 1 is 1.27 bits per heavy atom.